The summed E-state index contributed by atoms with van der Waals surface area (Å²) in [7, 11) is 4.84. The Morgan fingerprint density at radius 3 is 2.37 bits per heavy atom. The van der Waals surface area contributed by atoms with Gasteiger partial charge in [-0.15, -0.1) is 0 Å². The first-order valence-electron chi connectivity index (χ1n) is 11.3. The zero-order valence-corrected chi connectivity index (χ0v) is 19.9. The Balaban J connectivity index is 1.61. The third-order valence-corrected chi connectivity index (χ3v) is 6.29. The fourth-order valence-corrected chi connectivity index (χ4v) is 4.58. The molecule has 0 bridgehead atoms. The van der Waals surface area contributed by atoms with E-state index in [9.17, 15) is 4.79 Å². The first-order valence-corrected chi connectivity index (χ1v) is 11.3. The molecule has 7 heteroatoms. The van der Waals surface area contributed by atoms with Crippen molar-refractivity contribution in [1.82, 2.24) is 9.47 Å². The molecule has 2 heterocycles. The first-order chi connectivity index (χ1) is 17.1. The average Bonchev–Trinajstić information content (AvgIpc) is 3.33. The van der Waals surface area contributed by atoms with Gasteiger partial charge in [-0.2, -0.15) is 0 Å². The van der Waals surface area contributed by atoms with Crippen LogP contribution >= 0.6 is 0 Å². The Labute approximate surface area is 204 Å². The number of carbonyl (C=O) groups is 1. The van der Waals surface area contributed by atoms with Gasteiger partial charge in [-0.3, -0.25) is 0 Å². The predicted molar refractivity (Wildman–Crippen MR) is 135 cm³/mol. The Morgan fingerprint density at radius 1 is 0.857 bits per heavy atom. The molecule has 1 atom stereocenters. The fourth-order valence-electron chi connectivity index (χ4n) is 4.58. The topological polar surface area (TPSA) is 65.0 Å². The van der Waals surface area contributed by atoms with Crippen molar-refractivity contribution in [2.24, 2.45) is 0 Å². The second kappa shape index (κ2) is 9.46. The van der Waals surface area contributed by atoms with Crippen molar-refractivity contribution in [2.75, 3.05) is 26.6 Å². The highest BCUT2D eigenvalue weighted by atomic mass is 16.5. The number of carbonyl (C=O) groups excluding carboxylic acids is 1. The van der Waals surface area contributed by atoms with Crippen LogP contribution in [-0.2, 0) is 6.54 Å². The number of aromatic nitrogens is 1. The molecule has 1 aliphatic heterocycles. The molecule has 0 spiro atoms. The molecule has 0 fully saturated rings. The van der Waals surface area contributed by atoms with Crippen LogP contribution < -0.4 is 19.5 Å². The van der Waals surface area contributed by atoms with E-state index in [1.165, 1.54) is 0 Å². The molecule has 5 rings (SSSR count). The van der Waals surface area contributed by atoms with Crippen molar-refractivity contribution in [3.8, 4) is 22.9 Å². The molecule has 4 aromatic rings. The minimum absolute atomic E-state index is 0.209. The lowest BCUT2D eigenvalue weighted by Crippen LogP contribution is -2.37. The molecule has 35 heavy (non-hydrogen) atoms. The predicted octanol–water partition coefficient (Wildman–Crippen LogP) is 5.64. The minimum atomic E-state index is -0.365. The molecular formula is C28H27N3O4. The number of rotatable bonds is 5. The van der Waals surface area contributed by atoms with E-state index in [2.05, 4.69) is 28.1 Å². The van der Waals surface area contributed by atoms with Gasteiger partial charge >= 0.3 is 6.03 Å². The number of hydrogen-bond donors (Lipinski definition) is 1. The summed E-state index contributed by atoms with van der Waals surface area (Å²) in [4.78, 5) is 15.6. The van der Waals surface area contributed by atoms with Gasteiger partial charge in [0, 0.05) is 17.6 Å². The van der Waals surface area contributed by atoms with E-state index in [1.54, 1.807) is 21.3 Å². The average molecular weight is 470 g/mol. The molecule has 2 amide bonds. The largest absolute Gasteiger partial charge is 0.497 e. The Morgan fingerprint density at radius 2 is 1.63 bits per heavy atom. The highest BCUT2D eigenvalue weighted by Gasteiger charge is 2.33. The number of urea groups is 1. The number of benzene rings is 3. The quantitative estimate of drug-likeness (QED) is 0.411. The SMILES string of the molecule is COc1ccc(NC(=O)N2Cc3ccccc3-n3cccc3C2c2ccc(OC)c(OC)c2)cc1. The molecule has 7 nitrogen and oxygen atoms in total. The van der Waals surface area contributed by atoms with Crippen molar-refractivity contribution in [1.29, 1.82) is 0 Å². The summed E-state index contributed by atoms with van der Waals surface area (Å²) in [5.41, 5.74) is 4.69. The van der Waals surface area contributed by atoms with E-state index >= 15 is 0 Å². The van der Waals surface area contributed by atoms with Crippen molar-refractivity contribution in [3.05, 3.63) is 102 Å². The number of methoxy groups -OCH3 is 3. The maximum absolute atomic E-state index is 13.8. The normalized spacial score (nSPS) is 14.4. The summed E-state index contributed by atoms with van der Waals surface area (Å²) < 4.78 is 18.4. The van der Waals surface area contributed by atoms with Gasteiger partial charge in [0.05, 0.1) is 39.6 Å². The van der Waals surface area contributed by atoms with Crippen molar-refractivity contribution in [3.63, 3.8) is 0 Å². The Bertz CT molecular complexity index is 1350. The number of fused-ring (bicyclic) bond motifs is 3. The molecule has 0 aliphatic carbocycles. The van der Waals surface area contributed by atoms with E-state index in [4.69, 9.17) is 14.2 Å². The standard InChI is InChI=1S/C28H27N3O4/c1-33-22-13-11-21(12-14-22)29-28(32)31-18-20-7-4-5-8-23(20)30-16-6-9-24(30)27(31)19-10-15-25(34-2)26(17-19)35-3/h4-17,27H,18H2,1-3H3,(H,29,32). The van der Waals surface area contributed by atoms with Crippen LogP contribution in [-0.4, -0.2) is 36.8 Å². The van der Waals surface area contributed by atoms with Gasteiger partial charge in [0.15, 0.2) is 11.5 Å². The fraction of sp³-hybridized carbons (Fsp3) is 0.179. The molecule has 3 aromatic carbocycles. The number of amides is 2. The van der Waals surface area contributed by atoms with E-state index < -0.39 is 0 Å². The number of para-hydroxylation sites is 1. The zero-order chi connectivity index (χ0) is 24.4. The van der Waals surface area contributed by atoms with Gasteiger partial charge in [-0.25, -0.2) is 4.79 Å². The highest BCUT2D eigenvalue weighted by Crippen LogP contribution is 2.39. The van der Waals surface area contributed by atoms with Crippen molar-refractivity contribution < 1.29 is 19.0 Å². The van der Waals surface area contributed by atoms with Crippen LogP contribution in [0.15, 0.2) is 85.1 Å². The lowest BCUT2D eigenvalue weighted by atomic mass is 10.0. The van der Waals surface area contributed by atoms with Gasteiger partial charge in [0.2, 0.25) is 0 Å². The van der Waals surface area contributed by atoms with Crippen LogP contribution in [0.4, 0.5) is 10.5 Å². The second-order valence-corrected chi connectivity index (χ2v) is 8.24. The second-order valence-electron chi connectivity index (χ2n) is 8.24. The summed E-state index contributed by atoms with van der Waals surface area (Å²) in [6.45, 7) is 0.429. The highest BCUT2D eigenvalue weighted by molar-refractivity contribution is 5.90. The summed E-state index contributed by atoms with van der Waals surface area (Å²) in [5.74, 6) is 1.98. The molecule has 1 N–H and O–H groups in total. The van der Waals surface area contributed by atoms with Crippen LogP contribution in [0.2, 0.25) is 0 Å². The first kappa shape index (κ1) is 22.4. The lowest BCUT2D eigenvalue weighted by Gasteiger charge is -2.31. The molecule has 0 radical (unpaired) electrons. The van der Waals surface area contributed by atoms with Crippen molar-refractivity contribution in [2.45, 2.75) is 12.6 Å². The van der Waals surface area contributed by atoms with Gasteiger partial charge < -0.3 is 29.0 Å². The molecule has 0 saturated carbocycles. The summed E-state index contributed by atoms with van der Waals surface area (Å²) in [6, 6.07) is 24.7. The molecular weight excluding hydrogens is 442 g/mol. The van der Waals surface area contributed by atoms with Gasteiger partial charge in [0.1, 0.15) is 5.75 Å². The van der Waals surface area contributed by atoms with Crippen LogP contribution in [0.5, 0.6) is 17.2 Å². The maximum Gasteiger partial charge on any atom is 0.322 e. The van der Waals surface area contributed by atoms with Gasteiger partial charge in [-0.1, -0.05) is 24.3 Å². The Kier molecular flexibility index (Phi) is 6.06. The Hall–Kier alpha value is -4.39. The van der Waals surface area contributed by atoms with Crippen LogP contribution in [0.1, 0.15) is 22.9 Å². The molecule has 1 aliphatic rings. The third kappa shape index (κ3) is 4.17. The lowest BCUT2D eigenvalue weighted by molar-refractivity contribution is 0.194. The van der Waals surface area contributed by atoms with Gasteiger partial charge in [0.25, 0.3) is 0 Å². The van der Waals surface area contributed by atoms with E-state index in [0.29, 0.717) is 23.7 Å². The zero-order valence-electron chi connectivity index (χ0n) is 19.9. The molecule has 178 valence electrons. The minimum Gasteiger partial charge on any atom is -0.497 e. The monoisotopic (exact) mass is 469 g/mol. The number of ether oxygens (including phenoxy) is 3. The van der Waals surface area contributed by atoms with Crippen LogP contribution in [0, 0.1) is 0 Å². The number of hydrogen-bond acceptors (Lipinski definition) is 4. The number of nitrogens with one attached hydrogen (secondary N) is 1. The van der Waals surface area contributed by atoms with Crippen LogP contribution in [0.3, 0.4) is 0 Å². The summed E-state index contributed by atoms with van der Waals surface area (Å²) in [6.07, 6.45) is 2.03. The smallest absolute Gasteiger partial charge is 0.322 e. The summed E-state index contributed by atoms with van der Waals surface area (Å²) >= 11 is 0. The van der Waals surface area contributed by atoms with Crippen LogP contribution in [0.25, 0.3) is 5.69 Å². The molecule has 0 saturated heterocycles. The van der Waals surface area contributed by atoms with Gasteiger partial charge in [-0.05, 0) is 65.7 Å². The third-order valence-electron chi connectivity index (χ3n) is 6.29. The van der Waals surface area contributed by atoms with E-state index in [0.717, 1.165) is 28.3 Å². The molecule has 1 aromatic heterocycles. The maximum atomic E-state index is 13.8. The molecule has 1 unspecified atom stereocenters. The van der Waals surface area contributed by atoms with Crippen molar-refractivity contribution >= 4 is 11.7 Å². The van der Waals surface area contributed by atoms with E-state index in [1.807, 2.05) is 71.8 Å². The number of anilines is 1. The summed E-state index contributed by atoms with van der Waals surface area (Å²) in [5, 5.41) is 3.06. The van der Waals surface area contributed by atoms with E-state index in [-0.39, 0.29) is 12.1 Å². The number of nitrogens with zero attached hydrogens (tertiary/aromatic N) is 2.